The quantitative estimate of drug-likeness (QED) is 0.388. The topological polar surface area (TPSA) is 0 Å². The van der Waals surface area contributed by atoms with E-state index in [4.69, 9.17) is 23.2 Å². The number of rotatable bonds is 2. The van der Waals surface area contributed by atoms with Crippen LogP contribution in [0, 0.1) is 4.81 Å². The van der Waals surface area contributed by atoms with E-state index in [2.05, 4.69) is 91.0 Å². The van der Waals surface area contributed by atoms with Gasteiger partial charge in [-0.1, -0.05) is 108 Å². The zero-order chi connectivity index (χ0) is 19.8. The number of halogens is 2. The minimum absolute atomic E-state index is 0.104. The summed E-state index contributed by atoms with van der Waals surface area (Å²) in [6.07, 6.45) is 2.35. The molecule has 0 aliphatic carbocycles. The van der Waals surface area contributed by atoms with E-state index < -0.39 is 5.41 Å². The molecule has 0 spiro atoms. The maximum absolute atomic E-state index is 6.75. The zero-order valence-corrected chi connectivity index (χ0v) is 18.3. The Bertz CT molecular complexity index is 1270. The summed E-state index contributed by atoms with van der Waals surface area (Å²) in [7, 11) is -0.104. The summed E-state index contributed by atoms with van der Waals surface area (Å²) < 4.78 is 0. The molecule has 4 aromatic rings. The minimum atomic E-state index is -0.466. The van der Waals surface area contributed by atoms with Gasteiger partial charge in [0.2, 0.25) is 0 Å². The van der Waals surface area contributed by atoms with Crippen molar-refractivity contribution in [2.45, 2.75) is 5.41 Å². The van der Waals surface area contributed by atoms with Crippen molar-refractivity contribution in [3.63, 3.8) is 0 Å². The number of hydrogen-bond acceptors (Lipinski definition) is 0. The lowest BCUT2D eigenvalue weighted by atomic mass is 9.69. The SMILES string of the molecule is Clc1ccc2c(c1)C(c1ccccc1)(c1ccccc1)C=c1c(Cl)cccc1=[SiH]2. The lowest BCUT2D eigenvalue weighted by Crippen LogP contribution is -2.33. The Balaban J connectivity index is 2.04. The highest BCUT2D eigenvalue weighted by atomic mass is 35.5. The highest BCUT2D eigenvalue weighted by molar-refractivity contribution is 6.47. The highest BCUT2D eigenvalue weighted by Gasteiger charge is 2.36. The van der Waals surface area contributed by atoms with Gasteiger partial charge in [0.1, 0.15) is 0 Å². The summed E-state index contributed by atoms with van der Waals surface area (Å²) in [5, 5.41) is 4.03. The molecule has 0 fully saturated rings. The fraction of sp³-hybridized carbons (Fsp3) is 0.0385. The van der Waals surface area contributed by atoms with Crippen molar-refractivity contribution in [2.75, 3.05) is 0 Å². The van der Waals surface area contributed by atoms with Crippen LogP contribution in [-0.4, -0.2) is 9.13 Å². The number of benzene rings is 4. The molecule has 1 aliphatic rings. The summed E-state index contributed by atoms with van der Waals surface area (Å²) in [6, 6.07) is 33.9. The fourth-order valence-electron chi connectivity index (χ4n) is 4.34. The van der Waals surface area contributed by atoms with E-state index in [0.717, 1.165) is 15.3 Å². The van der Waals surface area contributed by atoms with Crippen LogP contribution < -0.4 is 10.4 Å². The van der Waals surface area contributed by atoms with Crippen molar-refractivity contribution in [3.8, 4) is 0 Å². The van der Waals surface area contributed by atoms with Crippen LogP contribution in [0.25, 0.3) is 6.08 Å². The predicted octanol–water partition coefficient (Wildman–Crippen LogP) is 5.13. The second kappa shape index (κ2) is 7.42. The van der Waals surface area contributed by atoms with Crippen molar-refractivity contribution in [3.05, 3.63) is 134 Å². The lowest BCUT2D eigenvalue weighted by Gasteiger charge is -2.34. The summed E-state index contributed by atoms with van der Waals surface area (Å²) in [5.74, 6) is 0. The van der Waals surface area contributed by atoms with Crippen LogP contribution in [0.4, 0.5) is 0 Å². The van der Waals surface area contributed by atoms with Gasteiger partial charge in [-0.25, -0.2) is 0 Å². The van der Waals surface area contributed by atoms with E-state index in [9.17, 15) is 0 Å². The molecule has 3 heteroatoms. The molecule has 4 aromatic carbocycles. The molecular formula is C26H18Cl2Si. The van der Waals surface area contributed by atoms with Crippen molar-refractivity contribution in [2.24, 2.45) is 0 Å². The first-order valence-corrected chi connectivity index (χ1v) is 11.5. The third-order valence-corrected chi connectivity index (χ3v) is 7.85. The Labute approximate surface area is 182 Å². The summed E-state index contributed by atoms with van der Waals surface area (Å²) in [5.41, 5.74) is 3.19. The largest absolute Gasteiger partial charge is 0.0843 e. The molecule has 1 aliphatic heterocycles. The molecule has 0 unspecified atom stereocenters. The monoisotopic (exact) mass is 428 g/mol. The van der Waals surface area contributed by atoms with Crippen LogP contribution in [0.3, 0.4) is 0 Å². The van der Waals surface area contributed by atoms with Gasteiger partial charge in [0.05, 0.1) is 5.41 Å². The van der Waals surface area contributed by atoms with Crippen LogP contribution in [-0.2, 0) is 5.41 Å². The van der Waals surface area contributed by atoms with Gasteiger partial charge in [-0.2, -0.15) is 0 Å². The standard InChI is InChI=1S/C26H18Cl2Si/c27-20-14-15-25-22(16-20)26(18-8-3-1-4-9-18,19-10-5-2-6-11-19)17-21-23(28)12-7-13-24(21)29-25/h1-17,29H. The Kier molecular flexibility index (Phi) is 4.75. The van der Waals surface area contributed by atoms with Gasteiger partial charge in [-0.05, 0) is 50.1 Å². The smallest absolute Gasteiger partial charge is 0.0643 e. The predicted molar refractivity (Wildman–Crippen MR) is 125 cm³/mol. The second-order valence-electron chi connectivity index (χ2n) is 7.30. The van der Waals surface area contributed by atoms with E-state index in [0.29, 0.717) is 0 Å². The molecule has 1 heterocycles. The van der Waals surface area contributed by atoms with Crippen LogP contribution in [0.5, 0.6) is 0 Å². The van der Waals surface area contributed by atoms with Gasteiger partial charge in [0.25, 0.3) is 0 Å². The van der Waals surface area contributed by atoms with Crippen LogP contribution in [0.2, 0.25) is 10.0 Å². The fourth-order valence-corrected chi connectivity index (χ4v) is 6.43. The molecule has 29 heavy (non-hydrogen) atoms. The molecular weight excluding hydrogens is 411 g/mol. The van der Waals surface area contributed by atoms with Gasteiger partial charge in [0.15, 0.2) is 0 Å². The van der Waals surface area contributed by atoms with Crippen molar-refractivity contribution in [1.29, 1.82) is 0 Å². The summed E-state index contributed by atoms with van der Waals surface area (Å²) in [4.78, 5) is 1.31. The second-order valence-corrected chi connectivity index (χ2v) is 9.68. The molecule has 0 aromatic heterocycles. The molecule has 0 radical (unpaired) electrons. The van der Waals surface area contributed by atoms with E-state index in [1.54, 1.807) is 0 Å². The van der Waals surface area contributed by atoms with E-state index in [1.807, 2.05) is 12.1 Å². The average Bonchev–Trinajstić information content (AvgIpc) is 2.91. The van der Waals surface area contributed by atoms with Gasteiger partial charge in [-0.15, -0.1) is 0 Å². The Morgan fingerprint density at radius 1 is 0.655 bits per heavy atom. The number of fused-ring (bicyclic) bond motifs is 2. The lowest BCUT2D eigenvalue weighted by molar-refractivity contribution is 0.829. The van der Waals surface area contributed by atoms with E-state index in [1.165, 1.54) is 26.7 Å². The molecule has 0 atom stereocenters. The molecule has 0 bridgehead atoms. The van der Waals surface area contributed by atoms with Crippen LogP contribution in [0.15, 0.2) is 97.1 Å². The van der Waals surface area contributed by atoms with Crippen LogP contribution in [0.1, 0.15) is 16.7 Å². The molecule has 0 nitrogen and oxygen atoms in total. The molecule has 140 valence electrons. The Morgan fingerprint density at radius 2 is 1.31 bits per heavy atom. The van der Waals surface area contributed by atoms with Gasteiger partial charge < -0.3 is 0 Å². The first-order valence-electron chi connectivity index (χ1n) is 9.59. The Morgan fingerprint density at radius 3 is 1.97 bits per heavy atom. The van der Waals surface area contributed by atoms with Crippen molar-refractivity contribution >= 4 is 43.6 Å². The van der Waals surface area contributed by atoms with Gasteiger partial charge in [0, 0.05) is 19.2 Å². The molecule has 0 amide bonds. The maximum atomic E-state index is 6.75. The van der Waals surface area contributed by atoms with E-state index in [-0.39, 0.29) is 9.13 Å². The van der Waals surface area contributed by atoms with Gasteiger partial charge >= 0.3 is 0 Å². The van der Waals surface area contributed by atoms with Crippen molar-refractivity contribution in [1.82, 2.24) is 0 Å². The summed E-state index contributed by atoms with van der Waals surface area (Å²) >= 11 is 13.3. The Hall–Kier alpha value is -2.45. The zero-order valence-electron chi connectivity index (χ0n) is 15.6. The third kappa shape index (κ3) is 3.10. The molecule has 0 N–H and O–H groups in total. The summed E-state index contributed by atoms with van der Waals surface area (Å²) in [6.45, 7) is 0. The minimum Gasteiger partial charge on any atom is -0.0843 e. The maximum Gasteiger partial charge on any atom is 0.0643 e. The first-order chi connectivity index (χ1) is 14.2. The average molecular weight is 429 g/mol. The number of hydrogen-bond donors (Lipinski definition) is 0. The van der Waals surface area contributed by atoms with Crippen LogP contribution >= 0.6 is 23.2 Å². The van der Waals surface area contributed by atoms with Crippen molar-refractivity contribution < 1.29 is 0 Å². The molecule has 5 rings (SSSR count). The van der Waals surface area contributed by atoms with E-state index >= 15 is 0 Å². The third-order valence-electron chi connectivity index (χ3n) is 5.66. The normalized spacial score (nSPS) is 14.0. The molecule has 0 saturated carbocycles. The molecule has 0 saturated heterocycles. The first kappa shape index (κ1) is 18.6. The highest BCUT2D eigenvalue weighted by Crippen LogP contribution is 2.41. The van der Waals surface area contributed by atoms with Gasteiger partial charge in [-0.3, -0.25) is 0 Å².